The molecular formula is C11H18N6. The van der Waals surface area contributed by atoms with Crippen LogP contribution in [0.25, 0.3) is 0 Å². The highest BCUT2D eigenvalue weighted by molar-refractivity contribution is 5.49. The molecule has 17 heavy (non-hydrogen) atoms. The molecule has 1 N–H and O–H groups in total. The molecule has 2 aromatic rings. The number of aryl methyl sites for hydroxylation is 2. The van der Waals surface area contributed by atoms with Gasteiger partial charge in [0.25, 0.3) is 0 Å². The molecule has 2 rings (SSSR count). The smallest absolute Gasteiger partial charge is 0.230 e. The first-order chi connectivity index (χ1) is 7.88. The second kappa shape index (κ2) is 3.87. The molecular weight excluding hydrogens is 216 g/mol. The lowest BCUT2D eigenvalue weighted by molar-refractivity contribution is 0.400. The zero-order chi connectivity index (χ0) is 12.6. The van der Waals surface area contributed by atoms with E-state index in [1.54, 1.807) is 11.0 Å². The van der Waals surface area contributed by atoms with Gasteiger partial charge in [-0.05, 0) is 27.7 Å². The lowest BCUT2D eigenvalue weighted by atomic mass is 10.1. The summed E-state index contributed by atoms with van der Waals surface area (Å²) < 4.78 is 3.78. The van der Waals surface area contributed by atoms with Gasteiger partial charge in [0, 0.05) is 18.7 Å². The first kappa shape index (κ1) is 11.6. The van der Waals surface area contributed by atoms with Crippen molar-refractivity contribution in [2.75, 3.05) is 5.32 Å². The molecule has 2 heterocycles. The third kappa shape index (κ3) is 2.30. The van der Waals surface area contributed by atoms with Gasteiger partial charge in [0.1, 0.15) is 12.1 Å². The van der Waals surface area contributed by atoms with Gasteiger partial charge in [-0.3, -0.25) is 9.25 Å². The van der Waals surface area contributed by atoms with Crippen LogP contribution >= 0.6 is 0 Å². The monoisotopic (exact) mass is 234 g/mol. The third-order valence-electron chi connectivity index (χ3n) is 2.51. The van der Waals surface area contributed by atoms with Crippen molar-refractivity contribution in [2.45, 2.75) is 33.2 Å². The van der Waals surface area contributed by atoms with Crippen LogP contribution < -0.4 is 5.32 Å². The Bertz CT molecular complexity index is 516. The molecule has 0 atom stereocenters. The van der Waals surface area contributed by atoms with Crippen LogP contribution in [-0.2, 0) is 12.6 Å². The maximum absolute atomic E-state index is 4.28. The standard InChI is InChI=1S/C11H18N6/c1-8-6-9(16(5)15-8)13-10-14-12-7-17(10)11(2,3)4/h6-7H,1-5H3,(H,13,14). The first-order valence-electron chi connectivity index (χ1n) is 5.56. The Hall–Kier alpha value is -1.85. The highest BCUT2D eigenvalue weighted by atomic mass is 15.4. The van der Waals surface area contributed by atoms with Crippen LogP contribution in [0.1, 0.15) is 26.5 Å². The molecule has 0 amide bonds. The number of hydrogen-bond acceptors (Lipinski definition) is 4. The van der Waals surface area contributed by atoms with Crippen molar-refractivity contribution < 1.29 is 0 Å². The minimum absolute atomic E-state index is 0.0561. The minimum Gasteiger partial charge on any atom is -0.309 e. The summed E-state index contributed by atoms with van der Waals surface area (Å²) >= 11 is 0. The Morgan fingerprint density at radius 2 is 2.00 bits per heavy atom. The molecule has 0 bridgehead atoms. The lowest BCUT2D eigenvalue weighted by Crippen LogP contribution is -2.22. The van der Waals surface area contributed by atoms with Crippen LogP contribution in [0.4, 0.5) is 11.8 Å². The Morgan fingerprint density at radius 3 is 2.53 bits per heavy atom. The Balaban J connectivity index is 2.31. The van der Waals surface area contributed by atoms with Gasteiger partial charge in [-0.15, -0.1) is 10.2 Å². The van der Waals surface area contributed by atoms with Crippen molar-refractivity contribution in [3.8, 4) is 0 Å². The number of aromatic nitrogens is 5. The van der Waals surface area contributed by atoms with Crippen molar-refractivity contribution >= 4 is 11.8 Å². The van der Waals surface area contributed by atoms with E-state index in [2.05, 4.69) is 41.4 Å². The number of nitrogens with zero attached hydrogens (tertiary/aromatic N) is 5. The molecule has 0 aliphatic heterocycles. The molecule has 6 heteroatoms. The summed E-state index contributed by atoms with van der Waals surface area (Å²) in [6.07, 6.45) is 1.73. The Kier molecular flexibility index (Phi) is 2.65. The molecule has 92 valence electrons. The van der Waals surface area contributed by atoms with E-state index >= 15 is 0 Å². The van der Waals surface area contributed by atoms with Gasteiger partial charge in [0.05, 0.1) is 5.69 Å². The van der Waals surface area contributed by atoms with Crippen LogP contribution in [0.2, 0.25) is 0 Å². The predicted octanol–water partition coefficient (Wildman–Crippen LogP) is 1.82. The fourth-order valence-electron chi connectivity index (χ4n) is 1.65. The van der Waals surface area contributed by atoms with E-state index in [0.29, 0.717) is 0 Å². The molecule has 0 radical (unpaired) electrons. The molecule has 6 nitrogen and oxygen atoms in total. The SMILES string of the molecule is Cc1cc(Nc2nncn2C(C)(C)C)n(C)n1. The van der Waals surface area contributed by atoms with E-state index in [9.17, 15) is 0 Å². The summed E-state index contributed by atoms with van der Waals surface area (Å²) in [5, 5.41) is 15.5. The van der Waals surface area contributed by atoms with Crippen molar-refractivity contribution in [3.05, 3.63) is 18.1 Å². The number of rotatable bonds is 2. The van der Waals surface area contributed by atoms with E-state index < -0.39 is 0 Å². The molecule has 0 aromatic carbocycles. The second-order valence-electron chi connectivity index (χ2n) is 5.11. The molecule has 0 aliphatic rings. The van der Waals surface area contributed by atoms with Gasteiger partial charge >= 0.3 is 0 Å². The first-order valence-corrected chi connectivity index (χ1v) is 5.56. The van der Waals surface area contributed by atoms with Gasteiger partial charge in [-0.25, -0.2) is 0 Å². The van der Waals surface area contributed by atoms with Gasteiger partial charge in [0.15, 0.2) is 0 Å². The number of anilines is 2. The fraction of sp³-hybridized carbons (Fsp3) is 0.545. The number of hydrogen-bond donors (Lipinski definition) is 1. The van der Waals surface area contributed by atoms with Crippen LogP contribution in [0.15, 0.2) is 12.4 Å². The predicted molar refractivity (Wildman–Crippen MR) is 66.2 cm³/mol. The van der Waals surface area contributed by atoms with Crippen LogP contribution in [0.3, 0.4) is 0 Å². The number of nitrogens with one attached hydrogen (secondary N) is 1. The molecule has 0 saturated heterocycles. The molecule has 0 spiro atoms. The Labute approximate surface area is 101 Å². The Morgan fingerprint density at radius 1 is 1.29 bits per heavy atom. The summed E-state index contributed by atoms with van der Waals surface area (Å²) in [5.41, 5.74) is 0.913. The van der Waals surface area contributed by atoms with Crippen molar-refractivity contribution in [1.82, 2.24) is 24.5 Å². The van der Waals surface area contributed by atoms with Crippen LogP contribution in [0, 0.1) is 6.92 Å². The molecule has 0 unspecified atom stereocenters. The second-order valence-corrected chi connectivity index (χ2v) is 5.11. The van der Waals surface area contributed by atoms with E-state index in [1.165, 1.54) is 0 Å². The summed E-state index contributed by atoms with van der Waals surface area (Å²) in [6.45, 7) is 8.28. The quantitative estimate of drug-likeness (QED) is 0.861. The zero-order valence-corrected chi connectivity index (χ0v) is 10.9. The highest BCUT2D eigenvalue weighted by Crippen LogP contribution is 2.21. The topological polar surface area (TPSA) is 60.6 Å². The summed E-state index contributed by atoms with van der Waals surface area (Å²) in [6, 6.07) is 1.97. The van der Waals surface area contributed by atoms with Crippen molar-refractivity contribution in [1.29, 1.82) is 0 Å². The normalized spacial score (nSPS) is 11.8. The lowest BCUT2D eigenvalue weighted by Gasteiger charge is -2.22. The maximum Gasteiger partial charge on any atom is 0.230 e. The van der Waals surface area contributed by atoms with Gasteiger partial charge in [-0.1, -0.05) is 0 Å². The van der Waals surface area contributed by atoms with Crippen LogP contribution in [0.5, 0.6) is 0 Å². The summed E-state index contributed by atoms with van der Waals surface area (Å²) in [7, 11) is 1.90. The molecule has 0 aliphatic carbocycles. The van der Waals surface area contributed by atoms with Gasteiger partial charge in [-0.2, -0.15) is 5.10 Å². The zero-order valence-electron chi connectivity index (χ0n) is 10.9. The third-order valence-corrected chi connectivity index (χ3v) is 2.51. The average molecular weight is 234 g/mol. The molecule has 2 aromatic heterocycles. The van der Waals surface area contributed by atoms with Crippen LogP contribution in [-0.4, -0.2) is 24.5 Å². The molecule has 0 fully saturated rings. The van der Waals surface area contributed by atoms with Crippen molar-refractivity contribution in [3.63, 3.8) is 0 Å². The van der Waals surface area contributed by atoms with E-state index in [1.807, 2.05) is 24.6 Å². The summed E-state index contributed by atoms with van der Waals surface area (Å²) in [4.78, 5) is 0. The largest absolute Gasteiger partial charge is 0.309 e. The minimum atomic E-state index is -0.0561. The van der Waals surface area contributed by atoms with E-state index in [0.717, 1.165) is 17.5 Å². The van der Waals surface area contributed by atoms with Gasteiger partial charge < -0.3 is 5.32 Å². The van der Waals surface area contributed by atoms with Gasteiger partial charge in [0.2, 0.25) is 5.95 Å². The molecule has 0 saturated carbocycles. The summed E-state index contributed by atoms with van der Waals surface area (Å²) in [5.74, 6) is 1.63. The maximum atomic E-state index is 4.28. The van der Waals surface area contributed by atoms with E-state index in [4.69, 9.17) is 0 Å². The van der Waals surface area contributed by atoms with E-state index in [-0.39, 0.29) is 5.54 Å². The highest BCUT2D eigenvalue weighted by Gasteiger charge is 2.18. The van der Waals surface area contributed by atoms with Crippen molar-refractivity contribution in [2.24, 2.45) is 7.05 Å². The fourth-order valence-corrected chi connectivity index (χ4v) is 1.65. The average Bonchev–Trinajstić information content (AvgIpc) is 2.74.